The third kappa shape index (κ3) is 1.68. The smallest absolute Gasteiger partial charge is 0.304 e. The van der Waals surface area contributed by atoms with Gasteiger partial charge in [-0.2, -0.15) is 0 Å². The fourth-order valence-corrected chi connectivity index (χ4v) is 1.68. The first-order valence-corrected chi connectivity index (χ1v) is 4.40. The average molecular weight is 209 g/mol. The average Bonchev–Trinajstić information content (AvgIpc) is 2.41. The number of hydrogen-bond acceptors (Lipinski definition) is 2. The van der Waals surface area contributed by atoms with Crippen molar-refractivity contribution in [3.8, 4) is 0 Å². The lowest BCUT2D eigenvalue weighted by Gasteiger charge is -2.04. The summed E-state index contributed by atoms with van der Waals surface area (Å²) in [4.78, 5) is 21.9. The van der Waals surface area contributed by atoms with E-state index in [1.165, 1.54) is 18.2 Å². The molecule has 0 aliphatic carbocycles. The molecule has 0 radical (unpaired) electrons. The van der Waals surface area contributed by atoms with E-state index in [2.05, 4.69) is 5.32 Å². The Morgan fingerprint density at radius 2 is 2.27 bits per heavy atom. The van der Waals surface area contributed by atoms with Gasteiger partial charge in [-0.15, -0.1) is 0 Å². The van der Waals surface area contributed by atoms with Gasteiger partial charge in [-0.3, -0.25) is 9.59 Å². The second-order valence-electron chi connectivity index (χ2n) is 3.37. The van der Waals surface area contributed by atoms with Crippen molar-refractivity contribution in [1.82, 2.24) is 0 Å². The first-order chi connectivity index (χ1) is 7.08. The minimum Gasteiger partial charge on any atom is -0.481 e. The number of carbonyl (C=O) groups is 2. The van der Waals surface area contributed by atoms with E-state index in [-0.39, 0.29) is 6.42 Å². The molecule has 0 spiro atoms. The Morgan fingerprint density at radius 3 is 2.93 bits per heavy atom. The van der Waals surface area contributed by atoms with Crippen LogP contribution in [0.5, 0.6) is 0 Å². The van der Waals surface area contributed by atoms with E-state index in [9.17, 15) is 14.0 Å². The zero-order valence-electron chi connectivity index (χ0n) is 7.66. The number of fused-ring (bicyclic) bond motifs is 1. The van der Waals surface area contributed by atoms with Crippen molar-refractivity contribution in [2.75, 3.05) is 5.32 Å². The molecule has 0 bridgehead atoms. The molecule has 15 heavy (non-hydrogen) atoms. The van der Waals surface area contributed by atoms with Crippen LogP contribution in [0.3, 0.4) is 0 Å². The highest BCUT2D eigenvalue weighted by atomic mass is 19.1. The summed E-state index contributed by atoms with van der Waals surface area (Å²) in [6, 6.07) is 3.85. The number of carboxylic acid groups (broad SMARTS) is 1. The van der Waals surface area contributed by atoms with E-state index < -0.39 is 23.6 Å². The fourth-order valence-electron chi connectivity index (χ4n) is 1.68. The largest absolute Gasteiger partial charge is 0.481 e. The molecule has 78 valence electrons. The van der Waals surface area contributed by atoms with E-state index in [0.29, 0.717) is 11.3 Å². The molecule has 4 nitrogen and oxygen atoms in total. The maximum atomic E-state index is 12.8. The van der Waals surface area contributed by atoms with Gasteiger partial charge in [0.15, 0.2) is 0 Å². The van der Waals surface area contributed by atoms with Crippen LogP contribution >= 0.6 is 0 Å². The molecule has 1 atom stereocenters. The van der Waals surface area contributed by atoms with E-state index in [1.807, 2.05) is 0 Å². The Hall–Kier alpha value is -1.91. The van der Waals surface area contributed by atoms with Crippen molar-refractivity contribution < 1.29 is 19.1 Å². The molecule has 0 saturated carbocycles. The van der Waals surface area contributed by atoms with Gasteiger partial charge in [0.1, 0.15) is 5.82 Å². The van der Waals surface area contributed by atoms with Crippen LogP contribution < -0.4 is 5.32 Å². The third-order valence-electron chi connectivity index (χ3n) is 2.34. The molecule has 0 fully saturated rings. The lowest BCUT2D eigenvalue weighted by atomic mass is 9.97. The molecule has 0 unspecified atom stereocenters. The highest BCUT2D eigenvalue weighted by molar-refractivity contribution is 6.04. The number of amides is 1. The molecule has 2 rings (SSSR count). The second-order valence-corrected chi connectivity index (χ2v) is 3.37. The van der Waals surface area contributed by atoms with Crippen molar-refractivity contribution in [2.45, 2.75) is 12.3 Å². The quantitative estimate of drug-likeness (QED) is 0.772. The Labute approximate surface area is 84.7 Å². The summed E-state index contributed by atoms with van der Waals surface area (Å²) in [5.74, 6) is -2.60. The van der Waals surface area contributed by atoms with Gasteiger partial charge < -0.3 is 10.4 Å². The molecule has 1 amide bonds. The molecular weight excluding hydrogens is 201 g/mol. The molecule has 1 aromatic carbocycles. The molecule has 0 aromatic heterocycles. The van der Waals surface area contributed by atoms with Crippen LogP contribution in [0.15, 0.2) is 18.2 Å². The summed E-state index contributed by atoms with van der Waals surface area (Å²) in [6.07, 6.45) is -0.273. The molecular formula is C10H8FNO3. The highest BCUT2D eigenvalue weighted by Gasteiger charge is 2.32. The fraction of sp³-hybridized carbons (Fsp3) is 0.200. The summed E-state index contributed by atoms with van der Waals surface area (Å²) in [5, 5.41) is 11.1. The van der Waals surface area contributed by atoms with Crippen LogP contribution in [0.25, 0.3) is 0 Å². The molecule has 1 aliphatic heterocycles. The Bertz CT molecular complexity index is 444. The van der Waals surface area contributed by atoms with Gasteiger partial charge in [-0.1, -0.05) is 6.07 Å². The normalized spacial score (nSPS) is 18.5. The Kier molecular flexibility index (Phi) is 2.15. The number of anilines is 1. The van der Waals surface area contributed by atoms with Gasteiger partial charge in [0.2, 0.25) is 5.91 Å². The second kappa shape index (κ2) is 3.34. The lowest BCUT2D eigenvalue weighted by Crippen LogP contribution is -2.15. The van der Waals surface area contributed by atoms with E-state index in [4.69, 9.17) is 5.11 Å². The van der Waals surface area contributed by atoms with Crippen LogP contribution in [-0.4, -0.2) is 17.0 Å². The van der Waals surface area contributed by atoms with Crippen molar-refractivity contribution >= 4 is 17.6 Å². The summed E-state index contributed by atoms with van der Waals surface area (Å²) in [5.41, 5.74) is 0.912. The lowest BCUT2D eigenvalue weighted by molar-refractivity contribution is -0.138. The number of hydrogen-bond donors (Lipinski definition) is 2. The molecule has 0 saturated heterocycles. The van der Waals surface area contributed by atoms with E-state index in [0.717, 1.165) is 0 Å². The van der Waals surface area contributed by atoms with Crippen molar-refractivity contribution in [3.63, 3.8) is 0 Å². The van der Waals surface area contributed by atoms with Gasteiger partial charge in [-0.05, 0) is 17.7 Å². The number of rotatable bonds is 2. The van der Waals surface area contributed by atoms with Crippen molar-refractivity contribution in [2.24, 2.45) is 0 Å². The maximum Gasteiger partial charge on any atom is 0.304 e. The standard InChI is InChI=1S/C10H8FNO3/c11-5-1-2-6-7(4-9(13)14)10(15)12-8(6)3-5/h1-3,7H,4H2,(H,12,15)(H,13,14)/t7-/m0/s1. The Balaban J connectivity index is 2.37. The summed E-state index contributed by atoms with van der Waals surface area (Å²) in [6.45, 7) is 0. The first-order valence-electron chi connectivity index (χ1n) is 4.40. The molecule has 5 heteroatoms. The van der Waals surface area contributed by atoms with Crippen LogP contribution in [-0.2, 0) is 9.59 Å². The zero-order valence-corrected chi connectivity index (χ0v) is 7.66. The minimum atomic E-state index is -1.05. The third-order valence-corrected chi connectivity index (χ3v) is 2.34. The van der Waals surface area contributed by atoms with Crippen LogP contribution in [0, 0.1) is 5.82 Å². The highest BCUT2D eigenvalue weighted by Crippen LogP contribution is 2.34. The predicted molar refractivity (Wildman–Crippen MR) is 50.0 cm³/mol. The number of nitrogens with one attached hydrogen (secondary N) is 1. The van der Waals surface area contributed by atoms with E-state index >= 15 is 0 Å². The van der Waals surface area contributed by atoms with Gasteiger partial charge in [0, 0.05) is 5.69 Å². The van der Waals surface area contributed by atoms with Crippen LogP contribution in [0.2, 0.25) is 0 Å². The number of benzene rings is 1. The van der Waals surface area contributed by atoms with Crippen molar-refractivity contribution in [1.29, 1.82) is 0 Å². The number of carbonyl (C=O) groups excluding carboxylic acids is 1. The number of aliphatic carboxylic acids is 1. The molecule has 2 N–H and O–H groups in total. The monoisotopic (exact) mass is 209 g/mol. The molecule has 1 aromatic rings. The van der Waals surface area contributed by atoms with Crippen LogP contribution in [0.1, 0.15) is 17.9 Å². The molecule has 1 aliphatic rings. The number of carboxylic acids is 1. The van der Waals surface area contributed by atoms with Crippen molar-refractivity contribution in [3.05, 3.63) is 29.6 Å². The van der Waals surface area contributed by atoms with Gasteiger partial charge in [0.05, 0.1) is 12.3 Å². The van der Waals surface area contributed by atoms with Gasteiger partial charge >= 0.3 is 5.97 Å². The predicted octanol–water partition coefficient (Wildman–Crippen LogP) is 1.34. The molecule has 1 heterocycles. The SMILES string of the molecule is O=C(O)C[C@@H]1C(=O)Nc2cc(F)ccc21. The summed E-state index contributed by atoms with van der Waals surface area (Å²) >= 11 is 0. The number of halogens is 1. The zero-order chi connectivity index (χ0) is 11.0. The van der Waals surface area contributed by atoms with Gasteiger partial charge in [0.25, 0.3) is 0 Å². The van der Waals surface area contributed by atoms with Crippen LogP contribution in [0.4, 0.5) is 10.1 Å². The topological polar surface area (TPSA) is 66.4 Å². The van der Waals surface area contributed by atoms with Gasteiger partial charge in [-0.25, -0.2) is 4.39 Å². The summed E-state index contributed by atoms with van der Waals surface area (Å²) < 4.78 is 12.8. The summed E-state index contributed by atoms with van der Waals surface area (Å²) in [7, 11) is 0. The maximum absolute atomic E-state index is 12.8. The minimum absolute atomic E-state index is 0.273. The van der Waals surface area contributed by atoms with E-state index in [1.54, 1.807) is 0 Å². The Morgan fingerprint density at radius 1 is 1.53 bits per heavy atom. The first kappa shape index (κ1) is 9.64.